The van der Waals surface area contributed by atoms with Crippen molar-refractivity contribution in [3.63, 3.8) is 0 Å². The van der Waals surface area contributed by atoms with Crippen molar-refractivity contribution >= 4 is 11.6 Å². The third-order valence-corrected chi connectivity index (χ3v) is 2.60. The van der Waals surface area contributed by atoms with Gasteiger partial charge in [0.25, 0.3) is 0 Å². The van der Waals surface area contributed by atoms with Gasteiger partial charge < -0.3 is 5.11 Å². The fraction of sp³-hybridized carbons (Fsp3) is 0.800. The molecule has 0 aliphatic rings. The summed E-state index contributed by atoms with van der Waals surface area (Å²) < 4.78 is 0. The highest BCUT2D eigenvalue weighted by Gasteiger charge is 2.17. The maximum atomic E-state index is 9.47. The first-order valence-corrected chi connectivity index (χ1v) is 5.09. The van der Waals surface area contributed by atoms with Gasteiger partial charge in [-0.25, -0.2) is 9.78 Å². The van der Waals surface area contributed by atoms with E-state index in [0.717, 1.165) is 12.0 Å². The lowest BCUT2D eigenvalue weighted by Crippen LogP contribution is -2.18. The number of hydrogen-bond acceptors (Lipinski definition) is 3. The van der Waals surface area contributed by atoms with Crippen molar-refractivity contribution in [3.8, 4) is 0 Å². The van der Waals surface area contributed by atoms with Gasteiger partial charge in [-0.05, 0) is 25.7 Å². The zero-order chi connectivity index (χ0) is 11.1. The van der Waals surface area contributed by atoms with Crippen molar-refractivity contribution in [3.05, 3.63) is 12.2 Å². The standard InChI is InChI=1S/C10H19ClO3/c1-7(2)9(12)6-5-8(3)10(11)14-13-4/h8-10,12H,1,5-6H2,2-4H3. The first-order chi connectivity index (χ1) is 6.49. The number of halogens is 1. The van der Waals surface area contributed by atoms with Crippen LogP contribution in [0.4, 0.5) is 0 Å². The summed E-state index contributed by atoms with van der Waals surface area (Å²) in [7, 11) is 1.42. The van der Waals surface area contributed by atoms with Crippen LogP contribution in [0.2, 0.25) is 0 Å². The van der Waals surface area contributed by atoms with Crippen LogP contribution in [-0.2, 0) is 9.78 Å². The lowest BCUT2D eigenvalue weighted by atomic mass is 10.0. The molecular formula is C10H19ClO3. The number of hydrogen-bond donors (Lipinski definition) is 1. The van der Waals surface area contributed by atoms with Crippen molar-refractivity contribution in [2.45, 2.75) is 38.4 Å². The monoisotopic (exact) mass is 222 g/mol. The molecule has 84 valence electrons. The Morgan fingerprint density at radius 3 is 2.50 bits per heavy atom. The van der Waals surface area contributed by atoms with E-state index in [0.29, 0.717) is 6.42 Å². The normalized spacial score (nSPS) is 17.5. The summed E-state index contributed by atoms with van der Waals surface area (Å²) in [6.07, 6.45) is 0.960. The minimum atomic E-state index is -0.475. The summed E-state index contributed by atoms with van der Waals surface area (Å²) in [5, 5.41) is 9.47. The Bertz CT molecular complexity index is 173. The molecule has 0 spiro atoms. The van der Waals surface area contributed by atoms with E-state index >= 15 is 0 Å². The van der Waals surface area contributed by atoms with Gasteiger partial charge in [-0.3, -0.25) is 0 Å². The second kappa shape index (κ2) is 7.23. The molecule has 0 amide bonds. The molecule has 0 fully saturated rings. The Hall–Kier alpha value is -0.0900. The van der Waals surface area contributed by atoms with Crippen molar-refractivity contribution < 1.29 is 14.9 Å². The van der Waals surface area contributed by atoms with Gasteiger partial charge in [0.2, 0.25) is 0 Å². The van der Waals surface area contributed by atoms with Gasteiger partial charge in [0.05, 0.1) is 13.2 Å². The molecule has 0 aliphatic heterocycles. The largest absolute Gasteiger partial charge is 0.389 e. The van der Waals surface area contributed by atoms with E-state index < -0.39 is 11.7 Å². The zero-order valence-electron chi connectivity index (χ0n) is 9.00. The molecule has 4 heteroatoms. The fourth-order valence-electron chi connectivity index (χ4n) is 0.985. The highest BCUT2D eigenvalue weighted by atomic mass is 35.5. The van der Waals surface area contributed by atoms with Crippen LogP contribution in [0.15, 0.2) is 12.2 Å². The van der Waals surface area contributed by atoms with Crippen molar-refractivity contribution in [1.29, 1.82) is 0 Å². The molecule has 0 saturated carbocycles. The summed E-state index contributed by atoms with van der Waals surface area (Å²) in [5.74, 6) is 0.130. The summed E-state index contributed by atoms with van der Waals surface area (Å²) in [5.41, 5.74) is 0.299. The maximum absolute atomic E-state index is 9.47. The van der Waals surface area contributed by atoms with Gasteiger partial charge in [-0.1, -0.05) is 30.7 Å². The molecule has 3 nitrogen and oxygen atoms in total. The average Bonchev–Trinajstić information content (AvgIpc) is 2.13. The third-order valence-electron chi connectivity index (χ3n) is 2.10. The second-order valence-electron chi connectivity index (χ2n) is 3.53. The van der Waals surface area contributed by atoms with Gasteiger partial charge in [-0.2, -0.15) is 0 Å². The Labute approximate surface area is 90.6 Å². The quantitative estimate of drug-likeness (QED) is 0.311. The second-order valence-corrected chi connectivity index (χ2v) is 3.96. The third kappa shape index (κ3) is 5.60. The highest BCUT2D eigenvalue weighted by molar-refractivity contribution is 6.19. The molecule has 0 aromatic carbocycles. The maximum Gasteiger partial charge on any atom is 0.168 e. The zero-order valence-corrected chi connectivity index (χ0v) is 9.75. The Kier molecular flexibility index (Phi) is 7.19. The lowest BCUT2D eigenvalue weighted by Gasteiger charge is -2.18. The van der Waals surface area contributed by atoms with E-state index in [4.69, 9.17) is 16.5 Å². The molecule has 0 radical (unpaired) electrons. The minimum Gasteiger partial charge on any atom is -0.389 e. The van der Waals surface area contributed by atoms with Crippen LogP contribution >= 0.6 is 11.6 Å². The van der Waals surface area contributed by atoms with Crippen molar-refractivity contribution in [2.24, 2.45) is 5.92 Å². The molecule has 0 aromatic heterocycles. The molecule has 0 saturated heterocycles. The van der Waals surface area contributed by atoms with Crippen LogP contribution in [0.3, 0.4) is 0 Å². The van der Waals surface area contributed by atoms with Gasteiger partial charge in [-0.15, -0.1) is 0 Å². The van der Waals surface area contributed by atoms with Crippen LogP contribution in [0.1, 0.15) is 26.7 Å². The topological polar surface area (TPSA) is 38.7 Å². The molecular weight excluding hydrogens is 204 g/mol. The molecule has 1 N–H and O–H groups in total. The Morgan fingerprint density at radius 1 is 1.50 bits per heavy atom. The van der Waals surface area contributed by atoms with E-state index in [2.05, 4.69) is 11.5 Å². The molecule has 0 aromatic rings. The SMILES string of the molecule is C=C(C)C(O)CCC(C)C(Cl)OOC. The van der Waals surface area contributed by atoms with Crippen LogP contribution in [-0.4, -0.2) is 23.9 Å². The van der Waals surface area contributed by atoms with E-state index in [1.54, 1.807) is 6.92 Å². The Morgan fingerprint density at radius 2 is 2.07 bits per heavy atom. The first-order valence-electron chi connectivity index (χ1n) is 4.66. The number of rotatable bonds is 7. The van der Waals surface area contributed by atoms with E-state index in [1.165, 1.54) is 7.11 Å². The fourth-order valence-corrected chi connectivity index (χ4v) is 1.18. The molecule has 0 bridgehead atoms. The summed E-state index contributed by atoms with van der Waals surface area (Å²) in [6.45, 7) is 7.43. The van der Waals surface area contributed by atoms with Crippen molar-refractivity contribution in [2.75, 3.05) is 7.11 Å². The van der Waals surface area contributed by atoms with Crippen LogP contribution in [0.25, 0.3) is 0 Å². The van der Waals surface area contributed by atoms with Gasteiger partial charge in [0.15, 0.2) is 5.56 Å². The van der Waals surface area contributed by atoms with Gasteiger partial charge >= 0.3 is 0 Å². The molecule has 0 heterocycles. The first kappa shape index (κ1) is 13.9. The van der Waals surface area contributed by atoms with Crippen molar-refractivity contribution in [1.82, 2.24) is 0 Å². The molecule has 3 atom stereocenters. The number of aliphatic hydroxyl groups excluding tert-OH is 1. The molecule has 0 aliphatic carbocycles. The van der Waals surface area contributed by atoms with E-state index in [1.807, 2.05) is 6.92 Å². The average molecular weight is 223 g/mol. The van der Waals surface area contributed by atoms with Crippen LogP contribution < -0.4 is 0 Å². The lowest BCUT2D eigenvalue weighted by molar-refractivity contribution is -0.293. The summed E-state index contributed by atoms with van der Waals surface area (Å²) >= 11 is 5.84. The summed E-state index contributed by atoms with van der Waals surface area (Å²) in [4.78, 5) is 9.22. The van der Waals surface area contributed by atoms with Gasteiger partial charge in [0.1, 0.15) is 0 Å². The van der Waals surface area contributed by atoms with E-state index in [9.17, 15) is 5.11 Å². The molecule has 14 heavy (non-hydrogen) atoms. The highest BCUT2D eigenvalue weighted by Crippen LogP contribution is 2.19. The number of alkyl halides is 1. The van der Waals surface area contributed by atoms with Crippen LogP contribution in [0, 0.1) is 5.92 Å². The van der Waals surface area contributed by atoms with Gasteiger partial charge in [0, 0.05) is 0 Å². The summed E-state index contributed by atoms with van der Waals surface area (Å²) in [6, 6.07) is 0. The predicted octanol–water partition coefficient (Wildman–Crippen LogP) is 2.48. The predicted molar refractivity (Wildman–Crippen MR) is 57.0 cm³/mol. The van der Waals surface area contributed by atoms with E-state index in [-0.39, 0.29) is 5.92 Å². The molecule has 3 unspecified atom stereocenters. The minimum absolute atomic E-state index is 0.130. The molecule has 0 rings (SSSR count). The number of aliphatic hydroxyl groups is 1. The van der Waals surface area contributed by atoms with Crippen LogP contribution in [0.5, 0.6) is 0 Å². The Balaban J connectivity index is 3.72. The smallest absolute Gasteiger partial charge is 0.168 e.